The molecule has 1 aromatic rings. The van der Waals surface area contributed by atoms with E-state index >= 15 is 0 Å². The van der Waals surface area contributed by atoms with Crippen LogP contribution in [0.2, 0.25) is 0 Å². The van der Waals surface area contributed by atoms with Crippen molar-refractivity contribution in [3.63, 3.8) is 0 Å². The third kappa shape index (κ3) is 4.71. The largest absolute Gasteiger partial charge is 0.478 e. The van der Waals surface area contributed by atoms with Gasteiger partial charge in [0.25, 0.3) is 0 Å². The van der Waals surface area contributed by atoms with Crippen LogP contribution in [0, 0.1) is 0 Å². The predicted molar refractivity (Wildman–Crippen MR) is 79.3 cm³/mol. The Kier molecular flexibility index (Phi) is 4.84. The van der Waals surface area contributed by atoms with Gasteiger partial charge in [-0.15, -0.1) is 11.8 Å². The molecule has 2 N–H and O–H groups in total. The maximum atomic E-state index is 11.7. The number of nitrogens with one attached hydrogen (secondary N) is 1. The molecule has 1 amide bonds. The first kappa shape index (κ1) is 15.8. The molecule has 1 saturated heterocycles. The molecule has 0 spiro atoms. The second-order valence-electron chi connectivity index (χ2n) is 4.62. The van der Waals surface area contributed by atoms with Crippen molar-refractivity contribution in [2.45, 2.75) is 11.7 Å². The number of sulfone groups is 1. The Balaban J connectivity index is 1.81. The highest BCUT2D eigenvalue weighted by atomic mass is 32.2. The SMILES string of the molecule is O=C(CSC1CCS(=O)(=O)C1)Nc1ccc(C(=O)O)cn1. The molecule has 1 unspecified atom stereocenters. The van der Waals surface area contributed by atoms with Crippen molar-refractivity contribution in [2.24, 2.45) is 0 Å². The zero-order valence-corrected chi connectivity index (χ0v) is 12.6. The van der Waals surface area contributed by atoms with Crippen molar-refractivity contribution in [3.05, 3.63) is 23.9 Å². The predicted octanol–water partition coefficient (Wildman–Crippen LogP) is 0.639. The molecule has 7 nitrogen and oxygen atoms in total. The van der Waals surface area contributed by atoms with E-state index in [0.29, 0.717) is 6.42 Å². The first-order valence-electron chi connectivity index (χ1n) is 6.17. The number of anilines is 1. The highest BCUT2D eigenvalue weighted by Gasteiger charge is 2.28. The molecule has 21 heavy (non-hydrogen) atoms. The molecule has 1 aliphatic rings. The summed E-state index contributed by atoms with van der Waals surface area (Å²) in [6.07, 6.45) is 1.74. The zero-order chi connectivity index (χ0) is 15.5. The number of amides is 1. The van der Waals surface area contributed by atoms with Crippen molar-refractivity contribution in [2.75, 3.05) is 22.6 Å². The van der Waals surface area contributed by atoms with Gasteiger partial charge in [-0.2, -0.15) is 0 Å². The van der Waals surface area contributed by atoms with Gasteiger partial charge in [0.05, 0.1) is 22.8 Å². The number of carbonyl (C=O) groups is 2. The zero-order valence-electron chi connectivity index (χ0n) is 11.0. The summed E-state index contributed by atoms with van der Waals surface area (Å²) in [6.45, 7) is 0. The number of hydrogen-bond donors (Lipinski definition) is 2. The topological polar surface area (TPSA) is 113 Å². The summed E-state index contributed by atoms with van der Waals surface area (Å²) in [4.78, 5) is 26.2. The van der Waals surface area contributed by atoms with Crippen LogP contribution in [0.3, 0.4) is 0 Å². The molecule has 2 heterocycles. The Bertz CT molecular complexity index is 642. The van der Waals surface area contributed by atoms with Crippen LogP contribution in [0.4, 0.5) is 5.82 Å². The van der Waals surface area contributed by atoms with Crippen LogP contribution < -0.4 is 5.32 Å². The van der Waals surface area contributed by atoms with E-state index in [9.17, 15) is 18.0 Å². The first-order valence-corrected chi connectivity index (χ1v) is 9.04. The maximum Gasteiger partial charge on any atom is 0.337 e. The maximum absolute atomic E-state index is 11.7. The molecule has 9 heteroatoms. The van der Waals surface area contributed by atoms with Crippen LogP contribution in [0.1, 0.15) is 16.8 Å². The Labute approximate surface area is 126 Å². The van der Waals surface area contributed by atoms with E-state index in [4.69, 9.17) is 5.11 Å². The van der Waals surface area contributed by atoms with Gasteiger partial charge in [-0.25, -0.2) is 18.2 Å². The lowest BCUT2D eigenvalue weighted by Gasteiger charge is -2.08. The minimum atomic E-state index is -2.94. The van der Waals surface area contributed by atoms with Crippen LogP contribution in [-0.2, 0) is 14.6 Å². The number of rotatable bonds is 5. The van der Waals surface area contributed by atoms with E-state index in [-0.39, 0.29) is 39.8 Å². The lowest BCUT2D eigenvalue weighted by Crippen LogP contribution is -2.18. The second-order valence-corrected chi connectivity index (χ2v) is 8.14. The van der Waals surface area contributed by atoms with Crippen LogP contribution in [0.15, 0.2) is 18.3 Å². The molecule has 0 radical (unpaired) electrons. The Morgan fingerprint density at radius 2 is 2.19 bits per heavy atom. The summed E-state index contributed by atoms with van der Waals surface area (Å²) in [5.41, 5.74) is 0.0403. The fourth-order valence-corrected chi connectivity index (χ4v) is 5.30. The third-order valence-electron chi connectivity index (χ3n) is 2.92. The van der Waals surface area contributed by atoms with Crippen LogP contribution >= 0.6 is 11.8 Å². The molecular weight excluding hydrogens is 316 g/mol. The molecule has 1 aromatic heterocycles. The third-order valence-corrected chi connectivity index (χ3v) is 6.20. The van der Waals surface area contributed by atoms with Gasteiger partial charge in [-0.3, -0.25) is 4.79 Å². The first-order chi connectivity index (χ1) is 9.85. The molecule has 1 fully saturated rings. The fraction of sp³-hybridized carbons (Fsp3) is 0.417. The lowest BCUT2D eigenvalue weighted by molar-refractivity contribution is -0.113. The Morgan fingerprint density at radius 3 is 2.71 bits per heavy atom. The summed E-state index contributed by atoms with van der Waals surface area (Å²) in [7, 11) is -2.94. The summed E-state index contributed by atoms with van der Waals surface area (Å²) >= 11 is 1.31. The van der Waals surface area contributed by atoms with Gasteiger partial charge in [0.15, 0.2) is 9.84 Å². The number of carbonyl (C=O) groups excluding carboxylic acids is 1. The average molecular weight is 330 g/mol. The van der Waals surface area contributed by atoms with Crippen molar-refractivity contribution in [1.29, 1.82) is 0 Å². The normalized spacial score (nSPS) is 20.1. The van der Waals surface area contributed by atoms with Gasteiger partial charge < -0.3 is 10.4 Å². The van der Waals surface area contributed by atoms with E-state index in [1.165, 1.54) is 23.9 Å². The number of aromatic carboxylic acids is 1. The van der Waals surface area contributed by atoms with E-state index in [2.05, 4.69) is 10.3 Å². The van der Waals surface area contributed by atoms with Crippen molar-refractivity contribution < 1.29 is 23.1 Å². The fourth-order valence-electron chi connectivity index (χ4n) is 1.86. The standard InChI is InChI=1S/C12H14N2O5S2/c15-11(6-20-9-3-4-21(18,19)7-9)14-10-2-1-8(5-13-10)12(16)17/h1-2,5,9H,3-4,6-7H2,(H,16,17)(H,13,14,15). The van der Waals surface area contributed by atoms with Gasteiger partial charge in [0.1, 0.15) is 5.82 Å². The molecule has 1 atom stereocenters. The Morgan fingerprint density at radius 1 is 1.43 bits per heavy atom. The second kappa shape index (κ2) is 6.44. The smallest absolute Gasteiger partial charge is 0.337 e. The van der Waals surface area contributed by atoms with Crippen LogP contribution in [0.25, 0.3) is 0 Å². The molecule has 114 valence electrons. The monoisotopic (exact) mass is 330 g/mol. The van der Waals surface area contributed by atoms with E-state index in [0.717, 1.165) is 6.20 Å². The highest BCUT2D eigenvalue weighted by Crippen LogP contribution is 2.24. The lowest BCUT2D eigenvalue weighted by atomic mass is 10.3. The minimum Gasteiger partial charge on any atom is -0.478 e. The summed E-state index contributed by atoms with van der Waals surface area (Å²) in [6, 6.07) is 2.76. The molecular formula is C12H14N2O5S2. The van der Waals surface area contributed by atoms with Gasteiger partial charge in [-0.1, -0.05) is 0 Å². The molecule has 1 aliphatic heterocycles. The quantitative estimate of drug-likeness (QED) is 0.814. The molecule has 0 bridgehead atoms. The van der Waals surface area contributed by atoms with Crippen molar-refractivity contribution in [1.82, 2.24) is 4.98 Å². The average Bonchev–Trinajstić information content (AvgIpc) is 2.77. The van der Waals surface area contributed by atoms with Crippen molar-refractivity contribution in [3.8, 4) is 0 Å². The number of carboxylic acids is 1. The van der Waals surface area contributed by atoms with Crippen LogP contribution in [0.5, 0.6) is 0 Å². The summed E-state index contributed by atoms with van der Waals surface area (Å²) in [5, 5.41) is 11.2. The van der Waals surface area contributed by atoms with E-state index < -0.39 is 15.8 Å². The molecule has 0 aromatic carbocycles. The van der Waals surface area contributed by atoms with Gasteiger partial charge in [0.2, 0.25) is 5.91 Å². The number of pyridine rings is 1. The highest BCUT2D eigenvalue weighted by molar-refractivity contribution is 8.02. The summed E-state index contributed by atoms with van der Waals surface area (Å²) in [5.74, 6) is -0.660. The van der Waals surface area contributed by atoms with Crippen LogP contribution in [-0.4, -0.2) is 52.9 Å². The van der Waals surface area contributed by atoms with Gasteiger partial charge in [0, 0.05) is 11.4 Å². The minimum absolute atomic E-state index is 0.0388. The van der Waals surface area contributed by atoms with Gasteiger partial charge in [-0.05, 0) is 18.6 Å². The van der Waals surface area contributed by atoms with Gasteiger partial charge >= 0.3 is 5.97 Å². The summed E-state index contributed by atoms with van der Waals surface area (Å²) < 4.78 is 22.6. The number of carboxylic acid groups (broad SMARTS) is 1. The molecule has 2 rings (SSSR count). The Hall–Kier alpha value is -1.61. The van der Waals surface area contributed by atoms with Crippen molar-refractivity contribution >= 4 is 39.3 Å². The van der Waals surface area contributed by atoms with E-state index in [1.54, 1.807) is 0 Å². The number of hydrogen-bond acceptors (Lipinski definition) is 6. The molecule has 0 saturated carbocycles. The number of thioether (sulfide) groups is 1. The number of nitrogens with zero attached hydrogens (tertiary/aromatic N) is 1. The van der Waals surface area contributed by atoms with E-state index in [1.807, 2.05) is 0 Å². The molecule has 0 aliphatic carbocycles. The number of aromatic nitrogens is 1.